The summed E-state index contributed by atoms with van der Waals surface area (Å²) in [6.45, 7) is 0.667. The molecule has 0 N–H and O–H groups in total. The predicted octanol–water partition coefficient (Wildman–Crippen LogP) is 4.00. The van der Waals surface area contributed by atoms with Crippen LogP contribution in [0.4, 0.5) is 20.3 Å². The molecule has 0 amide bonds. The van der Waals surface area contributed by atoms with Gasteiger partial charge in [-0.05, 0) is 53.4 Å². The molecule has 1 aliphatic rings. The first-order chi connectivity index (χ1) is 11.1. The van der Waals surface area contributed by atoms with E-state index in [9.17, 15) is 18.9 Å². The van der Waals surface area contributed by atoms with Crippen LogP contribution in [0.1, 0.15) is 30.9 Å². The van der Waals surface area contributed by atoms with Gasteiger partial charge in [0.1, 0.15) is 11.6 Å². The van der Waals surface area contributed by atoms with E-state index in [1.807, 2.05) is 4.90 Å². The van der Waals surface area contributed by atoms with Gasteiger partial charge < -0.3 is 15.0 Å². The Labute approximate surface area is 131 Å². The molecule has 2 aromatic rings. The van der Waals surface area contributed by atoms with Gasteiger partial charge in [-0.1, -0.05) is 0 Å². The Bertz CT molecular complexity index is 722. The van der Waals surface area contributed by atoms with E-state index >= 15 is 0 Å². The standard InChI is InChI=1S/C16H15F2N3O2/c17-11-4-6-14(18)13(9-11)15-3-1-2-8-20(15)12-5-7-16(19-10-12)21(22)23/h4-7,9-10,15H,1-3,8H2. The molecule has 7 heteroatoms. The summed E-state index contributed by atoms with van der Waals surface area (Å²) in [6, 6.07) is 6.06. The predicted molar refractivity (Wildman–Crippen MR) is 81.2 cm³/mol. The van der Waals surface area contributed by atoms with Crippen molar-refractivity contribution in [3.8, 4) is 0 Å². The average Bonchev–Trinajstić information content (AvgIpc) is 2.57. The highest BCUT2D eigenvalue weighted by atomic mass is 19.1. The van der Waals surface area contributed by atoms with Crippen molar-refractivity contribution in [3.63, 3.8) is 0 Å². The van der Waals surface area contributed by atoms with Crippen LogP contribution in [0.2, 0.25) is 0 Å². The van der Waals surface area contributed by atoms with Crippen molar-refractivity contribution in [2.75, 3.05) is 11.4 Å². The van der Waals surface area contributed by atoms with Gasteiger partial charge in [-0.2, -0.15) is 0 Å². The highest BCUT2D eigenvalue weighted by molar-refractivity contribution is 5.49. The van der Waals surface area contributed by atoms with Crippen molar-refractivity contribution in [2.24, 2.45) is 0 Å². The fourth-order valence-electron chi connectivity index (χ4n) is 2.99. The Hall–Kier alpha value is -2.57. The molecule has 1 fully saturated rings. The lowest BCUT2D eigenvalue weighted by Gasteiger charge is -2.37. The molecule has 1 aliphatic heterocycles. The maximum atomic E-state index is 14.1. The minimum Gasteiger partial charge on any atom is -0.361 e. The zero-order valence-electron chi connectivity index (χ0n) is 12.3. The molecular formula is C16H15F2N3O2. The zero-order valence-corrected chi connectivity index (χ0v) is 12.3. The lowest BCUT2D eigenvalue weighted by atomic mass is 9.94. The smallest absolute Gasteiger partial charge is 0.361 e. The summed E-state index contributed by atoms with van der Waals surface area (Å²) in [6.07, 6.45) is 3.94. The van der Waals surface area contributed by atoms with E-state index in [0.717, 1.165) is 25.0 Å². The number of halogens is 2. The van der Waals surface area contributed by atoms with E-state index in [4.69, 9.17) is 0 Å². The van der Waals surface area contributed by atoms with E-state index in [-0.39, 0.29) is 11.9 Å². The third kappa shape index (κ3) is 3.13. The minimum atomic E-state index is -0.566. The van der Waals surface area contributed by atoms with Crippen LogP contribution in [-0.2, 0) is 0 Å². The monoisotopic (exact) mass is 319 g/mol. The van der Waals surface area contributed by atoms with Gasteiger partial charge in [0.05, 0.1) is 11.7 Å². The van der Waals surface area contributed by atoms with E-state index < -0.39 is 16.6 Å². The summed E-state index contributed by atoms with van der Waals surface area (Å²) in [5, 5.41) is 10.7. The number of benzene rings is 1. The summed E-state index contributed by atoms with van der Waals surface area (Å²) >= 11 is 0. The summed E-state index contributed by atoms with van der Waals surface area (Å²) in [4.78, 5) is 15.9. The number of anilines is 1. The molecule has 120 valence electrons. The van der Waals surface area contributed by atoms with Crippen LogP contribution in [0, 0.1) is 21.7 Å². The van der Waals surface area contributed by atoms with Crippen molar-refractivity contribution >= 4 is 11.5 Å². The maximum Gasteiger partial charge on any atom is 0.363 e. The van der Waals surface area contributed by atoms with Crippen LogP contribution >= 0.6 is 0 Å². The van der Waals surface area contributed by atoms with Crippen LogP contribution in [0.3, 0.4) is 0 Å². The number of nitrogens with zero attached hydrogens (tertiary/aromatic N) is 3. The van der Waals surface area contributed by atoms with Crippen molar-refractivity contribution in [3.05, 3.63) is 63.8 Å². The van der Waals surface area contributed by atoms with Gasteiger partial charge in [-0.25, -0.2) is 8.78 Å². The maximum absolute atomic E-state index is 14.1. The van der Waals surface area contributed by atoms with E-state index in [1.54, 1.807) is 6.07 Å². The molecule has 1 atom stereocenters. The molecule has 1 aromatic carbocycles. The lowest BCUT2D eigenvalue weighted by Crippen LogP contribution is -2.34. The number of pyridine rings is 1. The summed E-state index contributed by atoms with van der Waals surface area (Å²) < 4.78 is 27.6. The molecule has 0 aliphatic carbocycles. The van der Waals surface area contributed by atoms with E-state index in [2.05, 4.69) is 4.98 Å². The largest absolute Gasteiger partial charge is 0.363 e. The molecule has 1 unspecified atom stereocenters. The molecule has 0 spiro atoms. The second-order valence-electron chi connectivity index (χ2n) is 5.50. The van der Waals surface area contributed by atoms with Crippen LogP contribution < -0.4 is 4.90 Å². The van der Waals surface area contributed by atoms with E-state index in [0.29, 0.717) is 24.2 Å². The number of hydrogen-bond acceptors (Lipinski definition) is 4. The van der Waals surface area contributed by atoms with Gasteiger partial charge in [-0.15, -0.1) is 0 Å². The second-order valence-corrected chi connectivity index (χ2v) is 5.50. The van der Waals surface area contributed by atoms with Crippen LogP contribution in [0.5, 0.6) is 0 Å². The molecule has 1 saturated heterocycles. The molecule has 2 heterocycles. The first-order valence-corrected chi connectivity index (χ1v) is 7.38. The third-order valence-electron chi connectivity index (χ3n) is 4.07. The number of piperidine rings is 1. The molecule has 3 rings (SSSR count). The SMILES string of the molecule is O=[N+]([O-])c1ccc(N2CCCCC2c2cc(F)ccc2F)cn1. The van der Waals surface area contributed by atoms with Gasteiger partial charge >= 0.3 is 5.82 Å². The van der Waals surface area contributed by atoms with Crippen LogP contribution in [0.15, 0.2) is 36.5 Å². The Morgan fingerprint density at radius 2 is 2.04 bits per heavy atom. The quantitative estimate of drug-likeness (QED) is 0.634. The number of nitro groups is 1. The minimum absolute atomic E-state index is 0.237. The molecule has 0 saturated carbocycles. The normalized spacial score (nSPS) is 18.0. The van der Waals surface area contributed by atoms with Gasteiger partial charge in [0, 0.05) is 18.2 Å². The number of aromatic nitrogens is 1. The second kappa shape index (κ2) is 6.28. The zero-order chi connectivity index (χ0) is 16.4. The van der Waals surface area contributed by atoms with Gasteiger partial charge in [0.25, 0.3) is 0 Å². The van der Waals surface area contributed by atoms with Crippen LogP contribution in [0.25, 0.3) is 0 Å². The summed E-state index contributed by atoms with van der Waals surface area (Å²) in [7, 11) is 0. The summed E-state index contributed by atoms with van der Waals surface area (Å²) in [5.41, 5.74) is 0.979. The highest BCUT2D eigenvalue weighted by Gasteiger charge is 2.28. The van der Waals surface area contributed by atoms with Crippen molar-refractivity contribution in [1.82, 2.24) is 4.98 Å². The molecule has 23 heavy (non-hydrogen) atoms. The first-order valence-electron chi connectivity index (χ1n) is 7.38. The summed E-state index contributed by atoms with van der Waals surface area (Å²) in [5.74, 6) is -1.16. The third-order valence-corrected chi connectivity index (χ3v) is 4.07. The molecular weight excluding hydrogens is 304 g/mol. The molecule has 0 radical (unpaired) electrons. The van der Waals surface area contributed by atoms with Crippen molar-refractivity contribution in [2.45, 2.75) is 25.3 Å². The lowest BCUT2D eigenvalue weighted by molar-refractivity contribution is -0.389. The molecule has 0 bridgehead atoms. The Balaban J connectivity index is 1.95. The van der Waals surface area contributed by atoms with Crippen LogP contribution in [-0.4, -0.2) is 16.5 Å². The Kier molecular flexibility index (Phi) is 4.18. The average molecular weight is 319 g/mol. The topological polar surface area (TPSA) is 59.3 Å². The van der Waals surface area contributed by atoms with E-state index in [1.165, 1.54) is 18.3 Å². The molecule has 5 nitrogen and oxygen atoms in total. The highest BCUT2D eigenvalue weighted by Crippen LogP contribution is 2.36. The first kappa shape index (κ1) is 15.3. The van der Waals surface area contributed by atoms with Gasteiger partial charge in [0.15, 0.2) is 6.20 Å². The Morgan fingerprint density at radius 3 is 2.74 bits per heavy atom. The Morgan fingerprint density at radius 1 is 1.22 bits per heavy atom. The number of hydrogen-bond donors (Lipinski definition) is 0. The van der Waals surface area contributed by atoms with Crippen molar-refractivity contribution in [1.29, 1.82) is 0 Å². The van der Waals surface area contributed by atoms with Gasteiger partial charge in [-0.3, -0.25) is 0 Å². The number of rotatable bonds is 3. The van der Waals surface area contributed by atoms with Crippen molar-refractivity contribution < 1.29 is 13.7 Å². The molecule has 1 aromatic heterocycles. The van der Waals surface area contributed by atoms with Gasteiger partial charge in [0.2, 0.25) is 0 Å². The fourth-order valence-corrected chi connectivity index (χ4v) is 2.99. The fraction of sp³-hybridized carbons (Fsp3) is 0.312.